The van der Waals surface area contributed by atoms with Gasteiger partial charge in [0.25, 0.3) is 11.5 Å². The molecule has 23 nitrogen and oxygen atoms in total. The molecule has 2 aromatic heterocycles. The summed E-state index contributed by atoms with van der Waals surface area (Å²) in [5.41, 5.74) is 6.98. The molecule has 2 aliphatic heterocycles. The Bertz CT molecular complexity index is 2220. The third kappa shape index (κ3) is 17.6. The van der Waals surface area contributed by atoms with Gasteiger partial charge >= 0.3 is 12.0 Å². The fourth-order valence-electron chi connectivity index (χ4n) is 6.59. The molecule has 12 N–H and O–H groups in total. The largest absolute Gasteiger partial charge is 0.480 e. The predicted octanol–water partition coefficient (Wildman–Crippen LogP) is 0.629. The number of amides is 5. The van der Waals surface area contributed by atoms with Crippen molar-refractivity contribution in [3.63, 3.8) is 0 Å². The average molecular weight is 973 g/mol. The number of rotatable bonds is 30. The number of hydrazone groups is 1. The summed E-state index contributed by atoms with van der Waals surface area (Å²) in [5.74, 6) is 5.67. The third-order valence-corrected chi connectivity index (χ3v) is 13.8. The van der Waals surface area contributed by atoms with E-state index in [9.17, 15) is 33.9 Å². The van der Waals surface area contributed by atoms with Crippen LogP contribution in [0.15, 0.2) is 45.4 Å². The molecule has 66 heavy (non-hydrogen) atoms. The zero-order chi connectivity index (χ0) is 47.1. The van der Waals surface area contributed by atoms with Crippen LogP contribution in [0, 0.1) is 0 Å². The zero-order valence-electron chi connectivity index (χ0n) is 36.1. The summed E-state index contributed by atoms with van der Waals surface area (Å²) < 4.78 is 11.0. The van der Waals surface area contributed by atoms with Crippen LogP contribution < -0.4 is 49.0 Å². The number of anilines is 2. The second-order valence-corrected chi connectivity index (χ2v) is 18.8. The number of hydrogen-bond acceptors (Lipinski definition) is 19. The van der Waals surface area contributed by atoms with Crippen molar-refractivity contribution in [3.8, 4) is 0 Å². The molecule has 358 valence electrons. The summed E-state index contributed by atoms with van der Waals surface area (Å²) in [6, 6.07) is 5.34. The number of aliphatic carboxylic acids is 1. The van der Waals surface area contributed by atoms with Gasteiger partial charge in [0.1, 0.15) is 11.8 Å². The topological polar surface area (TPSA) is 345 Å². The molecular formula is C40H56N14O9S3. The number of unbranched alkanes of at least 4 members (excludes halogenated alkanes) is 1. The van der Waals surface area contributed by atoms with Gasteiger partial charge in [-0.05, 0) is 43.5 Å². The Hall–Kier alpha value is -5.70. The van der Waals surface area contributed by atoms with Crippen molar-refractivity contribution >= 4 is 97.8 Å². The molecule has 3 aromatic rings. The smallest absolute Gasteiger partial charge is 0.326 e. The standard InChI is InChI=1S/C40H56N14O9S3/c41-39-52-35-34(37(58)53-39)48-26(21-47-35)20-46-25-7-5-24(6-8-25)36(57)49-28(38(59)60)9-10-32(56)44-11-14-62-15-16-63-22-27(54-42)19-43-12-17-65-66-18-13-45-31(55)4-2-1-3-30-33-29(23-64-30)50-40(61)51-33/h5-8,19,21,28-30,33,46H,1-4,9-18,20,22-23,42H2,(H,44,56)(H,45,55)(H,49,57)(H,59,60)(H2,50,51,61)(H3,41,47,52,53,58)/b43-19?,54-27+/t28-,29-,30-,33-/m0/s1. The summed E-state index contributed by atoms with van der Waals surface area (Å²) in [6.45, 7) is 2.41. The van der Waals surface area contributed by atoms with Crippen LogP contribution in [0.4, 0.5) is 16.4 Å². The molecule has 5 amide bonds. The van der Waals surface area contributed by atoms with Gasteiger partial charge in [0.2, 0.25) is 17.8 Å². The van der Waals surface area contributed by atoms with Crippen LogP contribution in [0.2, 0.25) is 0 Å². The van der Waals surface area contributed by atoms with Gasteiger partial charge < -0.3 is 58.1 Å². The van der Waals surface area contributed by atoms with Crippen molar-refractivity contribution in [1.82, 2.24) is 46.5 Å². The molecule has 0 bridgehead atoms. The number of H-pyrrole nitrogens is 1. The van der Waals surface area contributed by atoms with E-state index in [0.29, 0.717) is 41.9 Å². The number of carboxylic acids is 1. The number of ether oxygens (including phenoxy) is 2. The highest BCUT2D eigenvalue weighted by Gasteiger charge is 2.42. The van der Waals surface area contributed by atoms with E-state index >= 15 is 0 Å². The number of urea groups is 1. The van der Waals surface area contributed by atoms with Crippen molar-refractivity contribution in [2.45, 2.75) is 68.4 Å². The van der Waals surface area contributed by atoms with Crippen LogP contribution in [0.5, 0.6) is 0 Å². The van der Waals surface area contributed by atoms with Gasteiger partial charge in [0.05, 0.1) is 56.9 Å². The average Bonchev–Trinajstić information content (AvgIpc) is 3.86. The molecular weight excluding hydrogens is 917 g/mol. The minimum Gasteiger partial charge on any atom is -0.480 e. The Balaban J connectivity index is 0.821. The molecule has 2 aliphatic rings. The van der Waals surface area contributed by atoms with Gasteiger partial charge in [-0.2, -0.15) is 21.8 Å². The highest BCUT2D eigenvalue weighted by Crippen LogP contribution is 2.33. The third-order valence-electron chi connectivity index (χ3n) is 9.94. The van der Waals surface area contributed by atoms with Crippen LogP contribution in [-0.2, 0) is 30.4 Å². The highest BCUT2D eigenvalue weighted by molar-refractivity contribution is 8.76. The SMILES string of the molecule is N/N=C(\C=NCCSSCCNC(=O)CCCC[C@@H]1SC[C@@H]2NC(=O)N[C@@H]21)COCCOCCNC(=O)CC[C@H](NC(=O)c1ccc(NCc2cnc3nc(N)[nH]c(=O)c3n2)cc1)C(=O)O. The van der Waals surface area contributed by atoms with Gasteiger partial charge in [-0.3, -0.25) is 29.2 Å². The summed E-state index contributed by atoms with van der Waals surface area (Å²) >= 11 is 1.89. The van der Waals surface area contributed by atoms with E-state index in [1.807, 2.05) is 11.8 Å². The number of carboxylic acid groups (broad SMARTS) is 1. The van der Waals surface area contributed by atoms with Crippen molar-refractivity contribution in [2.24, 2.45) is 15.9 Å². The molecule has 1 aromatic carbocycles. The number of aliphatic imine (C=N–C) groups is 1. The Morgan fingerprint density at radius 3 is 2.56 bits per heavy atom. The normalized spacial score (nSPS) is 17.2. The molecule has 2 saturated heterocycles. The Morgan fingerprint density at radius 2 is 1.76 bits per heavy atom. The lowest BCUT2D eigenvalue weighted by Gasteiger charge is -2.16. The molecule has 26 heteroatoms. The van der Waals surface area contributed by atoms with E-state index in [1.54, 1.807) is 39.9 Å². The van der Waals surface area contributed by atoms with Gasteiger partial charge in [-0.1, -0.05) is 28.0 Å². The second kappa shape index (κ2) is 27.7. The summed E-state index contributed by atoms with van der Waals surface area (Å²) in [4.78, 5) is 91.9. The van der Waals surface area contributed by atoms with E-state index in [-0.39, 0.29) is 99.1 Å². The number of benzene rings is 1. The van der Waals surface area contributed by atoms with Crippen LogP contribution >= 0.6 is 33.3 Å². The van der Waals surface area contributed by atoms with Crippen molar-refractivity contribution in [3.05, 3.63) is 52.1 Å². The molecule has 0 saturated carbocycles. The van der Waals surface area contributed by atoms with Crippen LogP contribution in [0.3, 0.4) is 0 Å². The van der Waals surface area contributed by atoms with E-state index in [1.165, 1.54) is 18.3 Å². The van der Waals surface area contributed by atoms with Crippen molar-refractivity contribution < 1.29 is 38.6 Å². The first-order valence-corrected chi connectivity index (χ1v) is 24.8. The summed E-state index contributed by atoms with van der Waals surface area (Å²) in [5, 5.41) is 30.9. The lowest BCUT2D eigenvalue weighted by Crippen LogP contribution is -2.41. The first-order valence-electron chi connectivity index (χ1n) is 21.3. The first-order chi connectivity index (χ1) is 32.0. The zero-order valence-corrected chi connectivity index (χ0v) is 38.6. The number of nitrogens with zero attached hydrogens (tertiary/aromatic N) is 5. The van der Waals surface area contributed by atoms with Crippen LogP contribution in [-0.4, -0.2) is 153 Å². The number of aromatic nitrogens is 4. The quantitative estimate of drug-likeness (QED) is 0.0109. The first kappa shape index (κ1) is 51.3. The molecule has 5 rings (SSSR count). The van der Waals surface area contributed by atoms with E-state index < -0.39 is 29.4 Å². The lowest BCUT2D eigenvalue weighted by atomic mass is 10.0. The Kier molecular flexibility index (Phi) is 21.5. The van der Waals surface area contributed by atoms with Gasteiger partial charge in [0, 0.05) is 72.4 Å². The van der Waals surface area contributed by atoms with Crippen LogP contribution in [0.25, 0.3) is 11.2 Å². The summed E-state index contributed by atoms with van der Waals surface area (Å²) in [7, 11) is 3.33. The van der Waals surface area contributed by atoms with E-state index in [0.717, 1.165) is 36.5 Å². The predicted molar refractivity (Wildman–Crippen MR) is 256 cm³/mol. The fourth-order valence-corrected chi connectivity index (χ4v) is 9.92. The Labute approximate surface area is 392 Å². The number of carbonyl (C=O) groups is 5. The molecule has 0 unspecified atom stereocenters. The number of hydrogen-bond donors (Lipinski definition) is 10. The summed E-state index contributed by atoms with van der Waals surface area (Å²) in [6.07, 6.45) is 6.06. The highest BCUT2D eigenvalue weighted by atomic mass is 33.1. The van der Waals surface area contributed by atoms with Gasteiger partial charge in [-0.25, -0.2) is 19.6 Å². The molecule has 4 heterocycles. The lowest BCUT2D eigenvalue weighted by molar-refractivity contribution is -0.139. The molecule has 4 atom stereocenters. The van der Waals surface area contributed by atoms with Crippen molar-refractivity contribution in [2.75, 3.05) is 74.4 Å². The van der Waals surface area contributed by atoms with Gasteiger partial charge in [-0.15, -0.1) is 0 Å². The number of fused-ring (bicyclic) bond motifs is 2. The number of nitrogens with one attached hydrogen (secondary N) is 7. The minimum absolute atomic E-state index is 0.0483. The molecule has 0 spiro atoms. The maximum atomic E-state index is 12.8. The second-order valence-electron chi connectivity index (χ2n) is 14.9. The van der Waals surface area contributed by atoms with E-state index in [4.69, 9.17) is 21.1 Å². The number of nitrogen functional groups attached to an aromatic ring is 1. The number of nitrogens with two attached hydrogens (primary N) is 2. The monoisotopic (exact) mass is 972 g/mol. The maximum absolute atomic E-state index is 12.8. The fraction of sp³-hybridized carbons (Fsp3) is 0.525. The maximum Gasteiger partial charge on any atom is 0.326 e. The number of aromatic amines is 1. The molecule has 0 radical (unpaired) electrons. The van der Waals surface area contributed by atoms with E-state index in [2.05, 4.69) is 61.9 Å². The van der Waals surface area contributed by atoms with Gasteiger partial charge in [0.15, 0.2) is 11.2 Å². The van der Waals surface area contributed by atoms with Crippen LogP contribution in [0.1, 0.15) is 54.6 Å². The van der Waals surface area contributed by atoms with Crippen molar-refractivity contribution in [1.29, 1.82) is 0 Å². The number of thioether (sulfide) groups is 1. The minimum atomic E-state index is -1.30. The molecule has 2 fully saturated rings. The Morgan fingerprint density at radius 1 is 0.985 bits per heavy atom. The molecule has 0 aliphatic carbocycles. The number of carbonyl (C=O) groups excluding carboxylic acids is 4.